The van der Waals surface area contributed by atoms with E-state index in [2.05, 4.69) is 10.1 Å². The molecule has 1 fully saturated rings. The topological polar surface area (TPSA) is 211 Å². The van der Waals surface area contributed by atoms with Crippen molar-refractivity contribution >= 4 is 18.0 Å². The molecule has 0 aromatic heterocycles. The molecule has 1 aliphatic heterocycles. The molecule has 0 aliphatic carbocycles. The van der Waals surface area contributed by atoms with Crippen LogP contribution in [0.15, 0.2) is 30.3 Å². The van der Waals surface area contributed by atoms with Gasteiger partial charge in [0.2, 0.25) is 6.79 Å². The predicted molar refractivity (Wildman–Crippen MR) is 145 cm³/mol. The van der Waals surface area contributed by atoms with Gasteiger partial charge in [0, 0.05) is 13.3 Å². The summed E-state index contributed by atoms with van der Waals surface area (Å²) < 4.78 is 25.6. The Labute approximate surface area is 244 Å². The number of aryl methyl sites for hydroxylation is 1. The number of carbonyl (C=O) groups excluding carboxylic acids is 3. The first-order chi connectivity index (χ1) is 20.1. The number of amides is 1. The Balaban J connectivity index is 1.96. The molecule has 1 aromatic rings. The number of rotatable bonds is 17. The summed E-state index contributed by atoms with van der Waals surface area (Å²) in [6, 6.07) is 8.68. The molecule has 8 atom stereocenters. The van der Waals surface area contributed by atoms with Gasteiger partial charge in [0.05, 0.1) is 19.3 Å². The van der Waals surface area contributed by atoms with Crippen molar-refractivity contribution in [2.75, 3.05) is 20.0 Å². The molecule has 2 rings (SSSR count). The van der Waals surface area contributed by atoms with Gasteiger partial charge in [-0.1, -0.05) is 43.7 Å². The summed E-state index contributed by atoms with van der Waals surface area (Å²) in [7, 11) is 0. The fourth-order valence-electron chi connectivity index (χ4n) is 4.29. The SMILES string of the molecule is CCC(OC(=O)CCCCCc1ccccc1)C(O)C(COC1OC(CO)C(O)C(O)C1O)NC(=O)OCOC(C)=O. The highest BCUT2D eigenvalue weighted by atomic mass is 16.7. The molecule has 14 nitrogen and oxygen atoms in total. The summed E-state index contributed by atoms with van der Waals surface area (Å²) in [6.45, 7) is 0.854. The van der Waals surface area contributed by atoms with Gasteiger partial charge in [-0.3, -0.25) is 9.59 Å². The van der Waals surface area contributed by atoms with E-state index in [-0.39, 0.29) is 12.8 Å². The zero-order chi connectivity index (χ0) is 31.1. The lowest BCUT2D eigenvalue weighted by Crippen LogP contribution is -2.60. The van der Waals surface area contributed by atoms with Crippen LogP contribution >= 0.6 is 0 Å². The Bertz CT molecular complexity index is 947. The lowest BCUT2D eigenvalue weighted by atomic mass is 9.99. The largest absolute Gasteiger partial charge is 0.460 e. The summed E-state index contributed by atoms with van der Waals surface area (Å²) in [5.74, 6) is -1.23. The number of hydrogen-bond donors (Lipinski definition) is 6. The standard InChI is InChI=1S/C28H43NO13/c1-3-20(41-22(32)13-9-5-8-12-18-10-6-4-7-11-18)23(33)19(29-28(37)40-16-39-17(2)31)15-38-27-26(36)25(35)24(34)21(14-30)42-27/h4,6-7,10-11,19-21,23-27,30,33-36H,3,5,8-9,12-16H2,1-2H3,(H,29,37). The van der Waals surface area contributed by atoms with Crippen molar-refractivity contribution in [2.24, 2.45) is 0 Å². The second-order valence-electron chi connectivity index (χ2n) is 9.94. The number of aliphatic hydroxyl groups is 5. The number of carbonyl (C=O) groups is 3. The number of benzene rings is 1. The summed E-state index contributed by atoms with van der Waals surface area (Å²) in [5, 5.41) is 53.0. The number of hydrogen-bond acceptors (Lipinski definition) is 13. The van der Waals surface area contributed by atoms with E-state index in [9.17, 15) is 39.9 Å². The molecule has 6 N–H and O–H groups in total. The van der Waals surface area contributed by atoms with E-state index in [4.69, 9.17) is 18.9 Å². The van der Waals surface area contributed by atoms with Gasteiger partial charge >= 0.3 is 18.0 Å². The highest BCUT2D eigenvalue weighted by Crippen LogP contribution is 2.23. The first-order valence-electron chi connectivity index (χ1n) is 14.0. The minimum Gasteiger partial charge on any atom is -0.460 e. The van der Waals surface area contributed by atoms with E-state index >= 15 is 0 Å². The lowest BCUT2D eigenvalue weighted by molar-refractivity contribution is -0.303. The van der Waals surface area contributed by atoms with Crippen LogP contribution in [-0.2, 0) is 39.7 Å². The normalized spacial score (nSPS) is 24.2. The van der Waals surface area contributed by atoms with E-state index < -0.39 is 87.0 Å². The Morgan fingerprint density at radius 2 is 1.71 bits per heavy atom. The van der Waals surface area contributed by atoms with Crippen molar-refractivity contribution in [1.82, 2.24) is 5.32 Å². The van der Waals surface area contributed by atoms with Gasteiger partial charge in [-0.15, -0.1) is 0 Å². The van der Waals surface area contributed by atoms with Crippen LogP contribution in [0.25, 0.3) is 0 Å². The van der Waals surface area contributed by atoms with Crippen LogP contribution in [-0.4, -0.2) is 113 Å². The highest BCUT2D eigenvalue weighted by molar-refractivity contribution is 5.70. The molecule has 1 amide bonds. The molecule has 8 unspecified atom stereocenters. The molecule has 1 heterocycles. The number of unbranched alkanes of at least 4 members (excludes halogenated alkanes) is 2. The second kappa shape index (κ2) is 18.6. The summed E-state index contributed by atoms with van der Waals surface area (Å²) in [6.07, 6.45) is -8.05. The van der Waals surface area contributed by atoms with E-state index in [1.54, 1.807) is 6.92 Å². The van der Waals surface area contributed by atoms with Crippen molar-refractivity contribution in [2.45, 2.75) is 101 Å². The number of aliphatic hydroxyl groups excluding tert-OH is 5. The monoisotopic (exact) mass is 601 g/mol. The van der Waals surface area contributed by atoms with E-state index in [0.29, 0.717) is 6.42 Å². The molecule has 0 saturated carbocycles. The fourth-order valence-corrected chi connectivity index (χ4v) is 4.29. The number of nitrogens with one attached hydrogen (secondary N) is 1. The molecule has 1 aliphatic rings. The predicted octanol–water partition coefficient (Wildman–Crippen LogP) is -0.0959. The van der Waals surface area contributed by atoms with Crippen molar-refractivity contribution in [3.63, 3.8) is 0 Å². The first-order valence-corrected chi connectivity index (χ1v) is 14.0. The first kappa shape index (κ1) is 35.3. The van der Waals surface area contributed by atoms with Crippen molar-refractivity contribution < 1.29 is 63.6 Å². The van der Waals surface area contributed by atoms with E-state index in [1.807, 2.05) is 30.3 Å². The highest BCUT2D eigenvalue weighted by Gasteiger charge is 2.44. The van der Waals surface area contributed by atoms with Gasteiger partial charge in [0.1, 0.15) is 36.6 Å². The van der Waals surface area contributed by atoms with Crippen molar-refractivity contribution in [3.8, 4) is 0 Å². The molecule has 0 spiro atoms. The van der Waals surface area contributed by atoms with Crippen LogP contribution in [0, 0.1) is 0 Å². The van der Waals surface area contributed by atoms with Gasteiger partial charge in [0.15, 0.2) is 6.29 Å². The Morgan fingerprint density at radius 3 is 2.36 bits per heavy atom. The molecule has 1 saturated heterocycles. The third-order valence-electron chi connectivity index (χ3n) is 6.71. The zero-order valence-electron chi connectivity index (χ0n) is 23.9. The van der Waals surface area contributed by atoms with Crippen LogP contribution in [0.3, 0.4) is 0 Å². The van der Waals surface area contributed by atoms with Crippen LogP contribution in [0.2, 0.25) is 0 Å². The van der Waals surface area contributed by atoms with Crippen molar-refractivity contribution in [1.29, 1.82) is 0 Å². The van der Waals surface area contributed by atoms with Crippen LogP contribution < -0.4 is 5.32 Å². The summed E-state index contributed by atoms with van der Waals surface area (Å²) in [5.41, 5.74) is 1.21. The average Bonchev–Trinajstić information content (AvgIpc) is 2.97. The van der Waals surface area contributed by atoms with Crippen LogP contribution in [0.1, 0.15) is 51.5 Å². The Morgan fingerprint density at radius 1 is 1.00 bits per heavy atom. The van der Waals surface area contributed by atoms with Crippen molar-refractivity contribution in [3.05, 3.63) is 35.9 Å². The summed E-state index contributed by atoms with van der Waals surface area (Å²) >= 11 is 0. The van der Waals surface area contributed by atoms with Crippen LogP contribution in [0.5, 0.6) is 0 Å². The maximum atomic E-state index is 12.5. The van der Waals surface area contributed by atoms with Gasteiger partial charge in [-0.05, 0) is 31.2 Å². The molecule has 0 radical (unpaired) electrons. The minimum atomic E-state index is -1.72. The number of ether oxygens (including phenoxy) is 5. The maximum absolute atomic E-state index is 12.5. The molecular weight excluding hydrogens is 558 g/mol. The average molecular weight is 602 g/mol. The Kier molecular flexibility index (Phi) is 15.7. The van der Waals surface area contributed by atoms with Gasteiger partial charge in [-0.25, -0.2) is 4.79 Å². The number of alkyl carbamates (subject to hydrolysis) is 1. The Hall–Kier alpha value is -2.85. The maximum Gasteiger partial charge on any atom is 0.410 e. The van der Waals surface area contributed by atoms with E-state index in [0.717, 1.165) is 26.2 Å². The third-order valence-corrected chi connectivity index (χ3v) is 6.71. The molecule has 42 heavy (non-hydrogen) atoms. The smallest absolute Gasteiger partial charge is 0.410 e. The molecular formula is C28H43NO13. The van der Waals surface area contributed by atoms with E-state index in [1.165, 1.54) is 5.56 Å². The molecule has 1 aromatic carbocycles. The minimum absolute atomic E-state index is 0.127. The van der Waals surface area contributed by atoms with Crippen LogP contribution in [0.4, 0.5) is 4.79 Å². The molecule has 14 heteroatoms. The quantitative estimate of drug-likeness (QED) is 0.0784. The van der Waals surface area contributed by atoms with Gasteiger partial charge < -0.3 is 54.5 Å². The lowest BCUT2D eigenvalue weighted by Gasteiger charge is -2.40. The van der Waals surface area contributed by atoms with Gasteiger partial charge in [0.25, 0.3) is 0 Å². The molecule has 238 valence electrons. The number of esters is 2. The third kappa shape index (κ3) is 11.8. The van der Waals surface area contributed by atoms with Gasteiger partial charge in [-0.2, -0.15) is 0 Å². The second-order valence-corrected chi connectivity index (χ2v) is 9.94. The summed E-state index contributed by atoms with van der Waals surface area (Å²) in [4.78, 5) is 35.8. The molecule has 0 bridgehead atoms. The fraction of sp³-hybridized carbons (Fsp3) is 0.679. The zero-order valence-corrected chi connectivity index (χ0v) is 23.9.